The van der Waals surface area contributed by atoms with Gasteiger partial charge in [-0.05, 0) is 12.1 Å². The number of aromatic nitrogens is 3. The van der Waals surface area contributed by atoms with E-state index < -0.39 is 10.0 Å². The lowest BCUT2D eigenvalue weighted by atomic mass is 10.4. The zero-order valence-corrected chi connectivity index (χ0v) is 11.3. The average molecular weight is 281 g/mol. The molecule has 2 heterocycles. The summed E-state index contributed by atoms with van der Waals surface area (Å²) in [4.78, 5) is 7.79. The topological polar surface area (TPSA) is 88.9 Å². The van der Waals surface area contributed by atoms with Gasteiger partial charge in [0.2, 0.25) is 0 Å². The van der Waals surface area contributed by atoms with Gasteiger partial charge in [-0.15, -0.1) is 0 Å². The monoisotopic (exact) mass is 281 g/mol. The molecule has 0 saturated heterocycles. The number of imidazole rings is 1. The van der Waals surface area contributed by atoms with E-state index in [2.05, 4.69) is 20.0 Å². The molecule has 2 rings (SSSR count). The predicted molar refractivity (Wildman–Crippen MR) is 71.2 cm³/mol. The summed E-state index contributed by atoms with van der Waals surface area (Å²) in [7, 11) is -1.96. The maximum absolute atomic E-state index is 12.1. The van der Waals surface area contributed by atoms with Crippen LogP contribution in [0.25, 0.3) is 0 Å². The standard InChI is InChI=1S/C11H15N5O2S/c1-12-10-3-2-4-14-11(10)19(17,18)15-6-8-16-7-5-13-9-16/h2-5,7,9,12,15H,6,8H2,1H3. The Bertz CT molecular complexity index is 624. The molecule has 0 unspecified atom stereocenters. The van der Waals surface area contributed by atoms with Crippen LogP contribution in [0.2, 0.25) is 0 Å². The molecule has 0 spiro atoms. The molecule has 2 aromatic heterocycles. The minimum Gasteiger partial charge on any atom is -0.386 e. The molecule has 0 amide bonds. The molecule has 2 aromatic rings. The van der Waals surface area contributed by atoms with Crippen molar-refractivity contribution < 1.29 is 8.42 Å². The summed E-state index contributed by atoms with van der Waals surface area (Å²) in [5.41, 5.74) is 0.470. The molecule has 0 atom stereocenters. The van der Waals surface area contributed by atoms with Crippen LogP contribution in [0.3, 0.4) is 0 Å². The second kappa shape index (κ2) is 5.81. The predicted octanol–water partition coefficient (Wildman–Crippen LogP) is 0.298. The number of pyridine rings is 1. The summed E-state index contributed by atoms with van der Waals surface area (Å²) in [5.74, 6) is 0. The van der Waals surface area contributed by atoms with E-state index in [0.29, 0.717) is 12.2 Å². The Hall–Kier alpha value is -1.93. The third kappa shape index (κ3) is 3.30. The second-order valence-electron chi connectivity index (χ2n) is 3.80. The highest BCUT2D eigenvalue weighted by molar-refractivity contribution is 7.89. The average Bonchev–Trinajstić information content (AvgIpc) is 2.91. The lowest BCUT2D eigenvalue weighted by Gasteiger charge is -2.10. The number of sulfonamides is 1. The van der Waals surface area contributed by atoms with Gasteiger partial charge in [-0.1, -0.05) is 0 Å². The molecule has 0 fully saturated rings. The third-order valence-corrected chi connectivity index (χ3v) is 3.93. The van der Waals surface area contributed by atoms with E-state index in [1.54, 1.807) is 42.5 Å². The Morgan fingerprint density at radius 1 is 1.37 bits per heavy atom. The van der Waals surface area contributed by atoms with Crippen LogP contribution in [0, 0.1) is 0 Å². The van der Waals surface area contributed by atoms with E-state index >= 15 is 0 Å². The van der Waals surface area contributed by atoms with E-state index in [4.69, 9.17) is 0 Å². The maximum Gasteiger partial charge on any atom is 0.260 e. The Morgan fingerprint density at radius 3 is 2.89 bits per heavy atom. The Kier molecular flexibility index (Phi) is 4.13. The number of hydrogen-bond acceptors (Lipinski definition) is 5. The maximum atomic E-state index is 12.1. The van der Waals surface area contributed by atoms with Crippen molar-refractivity contribution in [2.75, 3.05) is 18.9 Å². The van der Waals surface area contributed by atoms with Crippen molar-refractivity contribution in [2.45, 2.75) is 11.6 Å². The van der Waals surface area contributed by atoms with Gasteiger partial charge in [0.15, 0.2) is 5.03 Å². The Labute approximate surface area is 111 Å². The molecule has 0 aliphatic rings. The largest absolute Gasteiger partial charge is 0.386 e. The number of hydrogen-bond donors (Lipinski definition) is 2. The van der Waals surface area contributed by atoms with Crippen LogP contribution in [-0.4, -0.2) is 36.5 Å². The van der Waals surface area contributed by atoms with E-state index in [1.807, 2.05) is 0 Å². The summed E-state index contributed by atoms with van der Waals surface area (Å²) in [6, 6.07) is 3.34. The number of rotatable bonds is 6. The SMILES string of the molecule is CNc1cccnc1S(=O)(=O)NCCn1ccnc1. The zero-order chi connectivity index (χ0) is 13.7. The lowest BCUT2D eigenvalue weighted by Crippen LogP contribution is -2.28. The molecule has 0 bridgehead atoms. The highest BCUT2D eigenvalue weighted by atomic mass is 32.2. The fourth-order valence-corrected chi connectivity index (χ4v) is 2.75. The van der Waals surface area contributed by atoms with Gasteiger partial charge in [0.25, 0.3) is 10.0 Å². The second-order valence-corrected chi connectivity index (χ2v) is 5.49. The molecule has 8 heteroatoms. The van der Waals surface area contributed by atoms with Gasteiger partial charge in [-0.25, -0.2) is 23.1 Å². The fourth-order valence-electron chi connectivity index (χ4n) is 1.59. The van der Waals surface area contributed by atoms with Crippen molar-refractivity contribution in [3.63, 3.8) is 0 Å². The molecular formula is C11H15N5O2S. The first kappa shape index (κ1) is 13.5. The van der Waals surface area contributed by atoms with Crippen molar-refractivity contribution in [1.29, 1.82) is 0 Å². The first-order valence-electron chi connectivity index (χ1n) is 5.71. The van der Waals surface area contributed by atoms with Gasteiger partial charge < -0.3 is 9.88 Å². The Morgan fingerprint density at radius 2 is 2.21 bits per heavy atom. The van der Waals surface area contributed by atoms with Crippen LogP contribution in [0.15, 0.2) is 42.1 Å². The molecule has 102 valence electrons. The Balaban J connectivity index is 2.05. The zero-order valence-electron chi connectivity index (χ0n) is 10.4. The molecule has 0 saturated carbocycles. The van der Waals surface area contributed by atoms with Gasteiger partial charge in [-0.3, -0.25) is 0 Å². The highest BCUT2D eigenvalue weighted by Gasteiger charge is 2.18. The summed E-state index contributed by atoms with van der Waals surface area (Å²) in [6.07, 6.45) is 6.50. The smallest absolute Gasteiger partial charge is 0.260 e. The lowest BCUT2D eigenvalue weighted by molar-refractivity contribution is 0.569. The fraction of sp³-hybridized carbons (Fsp3) is 0.273. The van der Waals surface area contributed by atoms with Crippen LogP contribution in [-0.2, 0) is 16.6 Å². The molecule has 19 heavy (non-hydrogen) atoms. The van der Waals surface area contributed by atoms with Crippen LogP contribution in [0.5, 0.6) is 0 Å². The van der Waals surface area contributed by atoms with Crippen LogP contribution < -0.4 is 10.0 Å². The molecule has 7 nitrogen and oxygen atoms in total. The van der Waals surface area contributed by atoms with E-state index in [1.165, 1.54) is 6.20 Å². The van der Waals surface area contributed by atoms with Gasteiger partial charge >= 0.3 is 0 Å². The molecule has 0 aliphatic heterocycles. The first-order valence-corrected chi connectivity index (χ1v) is 7.20. The molecule has 0 aromatic carbocycles. The van der Waals surface area contributed by atoms with Crippen molar-refractivity contribution in [3.8, 4) is 0 Å². The number of nitrogens with zero attached hydrogens (tertiary/aromatic N) is 3. The van der Waals surface area contributed by atoms with E-state index in [-0.39, 0.29) is 11.6 Å². The molecule has 2 N–H and O–H groups in total. The summed E-state index contributed by atoms with van der Waals surface area (Å²) in [5, 5.41) is 2.81. The van der Waals surface area contributed by atoms with Gasteiger partial charge in [-0.2, -0.15) is 0 Å². The number of anilines is 1. The van der Waals surface area contributed by atoms with Crippen molar-refractivity contribution in [3.05, 3.63) is 37.1 Å². The molecule has 0 aliphatic carbocycles. The normalized spacial score (nSPS) is 11.4. The molecular weight excluding hydrogens is 266 g/mol. The first-order chi connectivity index (χ1) is 9.13. The summed E-state index contributed by atoms with van der Waals surface area (Å²) < 4.78 is 28.5. The van der Waals surface area contributed by atoms with Gasteiger partial charge in [0.1, 0.15) is 0 Å². The minimum atomic E-state index is -3.61. The van der Waals surface area contributed by atoms with Crippen LogP contribution >= 0.6 is 0 Å². The third-order valence-electron chi connectivity index (χ3n) is 2.52. The minimum absolute atomic E-state index is 0.00290. The van der Waals surface area contributed by atoms with E-state index in [0.717, 1.165) is 0 Å². The van der Waals surface area contributed by atoms with Crippen molar-refractivity contribution in [2.24, 2.45) is 0 Å². The van der Waals surface area contributed by atoms with Crippen LogP contribution in [0.4, 0.5) is 5.69 Å². The summed E-state index contributed by atoms with van der Waals surface area (Å²) in [6.45, 7) is 0.791. The van der Waals surface area contributed by atoms with Crippen molar-refractivity contribution in [1.82, 2.24) is 19.3 Å². The van der Waals surface area contributed by atoms with Gasteiger partial charge in [0, 0.05) is 38.7 Å². The summed E-state index contributed by atoms with van der Waals surface area (Å²) >= 11 is 0. The molecule has 0 radical (unpaired) electrons. The van der Waals surface area contributed by atoms with E-state index in [9.17, 15) is 8.42 Å². The number of nitrogens with one attached hydrogen (secondary N) is 2. The van der Waals surface area contributed by atoms with Crippen LogP contribution in [0.1, 0.15) is 0 Å². The quantitative estimate of drug-likeness (QED) is 0.795. The van der Waals surface area contributed by atoms with Gasteiger partial charge in [0.05, 0.1) is 12.0 Å². The highest BCUT2D eigenvalue weighted by Crippen LogP contribution is 2.16. The van der Waals surface area contributed by atoms with Crippen molar-refractivity contribution >= 4 is 15.7 Å².